The average molecular weight is 397 g/mol. The van der Waals surface area contributed by atoms with Crippen molar-refractivity contribution in [2.24, 2.45) is 0 Å². The minimum Gasteiger partial charge on any atom is -0.452 e. The molecule has 5 nitrogen and oxygen atoms in total. The maximum atomic E-state index is 13.5. The summed E-state index contributed by atoms with van der Waals surface area (Å²) in [5, 5.41) is 1.99. The standard InChI is InChI=1S/C18H14F3NO4S/c1-10(23)9-27-14-5-3-2-4-11(14)18(25)26-8-15(24)22-13-7-6-12(19)16(20)17(13)21/h2-7H,8-9H2,1H3,(H,22,24). The number of halogens is 3. The van der Waals surface area contributed by atoms with Crippen LogP contribution in [0.5, 0.6) is 0 Å². The van der Waals surface area contributed by atoms with Gasteiger partial charge in [-0.3, -0.25) is 9.59 Å². The van der Waals surface area contributed by atoms with Gasteiger partial charge in [-0.2, -0.15) is 0 Å². The van der Waals surface area contributed by atoms with Gasteiger partial charge in [-0.15, -0.1) is 11.8 Å². The van der Waals surface area contributed by atoms with E-state index < -0.39 is 41.6 Å². The van der Waals surface area contributed by atoms with Crippen LogP contribution < -0.4 is 5.32 Å². The number of carbonyl (C=O) groups excluding carboxylic acids is 3. The van der Waals surface area contributed by atoms with Crippen LogP contribution in [0.15, 0.2) is 41.3 Å². The zero-order valence-corrected chi connectivity index (χ0v) is 14.9. The number of hydrogen-bond donors (Lipinski definition) is 1. The highest BCUT2D eigenvalue weighted by molar-refractivity contribution is 8.00. The summed E-state index contributed by atoms with van der Waals surface area (Å²) in [6.07, 6.45) is 0. The monoisotopic (exact) mass is 397 g/mol. The number of ether oxygens (including phenoxy) is 1. The molecule has 0 fully saturated rings. The van der Waals surface area contributed by atoms with Gasteiger partial charge in [0.25, 0.3) is 5.91 Å². The van der Waals surface area contributed by atoms with E-state index >= 15 is 0 Å². The molecule has 0 aliphatic carbocycles. The van der Waals surface area contributed by atoms with Crippen LogP contribution in [0.3, 0.4) is 0 Å². The summed E-state index contributed by atoms with van der Waals surface area (Å²) in [7, 11) is 0. The van der Waals surface area contributed by atoms with Gasteiger partial charge in [0.05, 0.1) is 17.0 Å². The van der Waals surface area contributed by atoms with Crippen molar-refractivity contribution >= 4 is 35.1 Å². The molecule has 2 aromatic carbocycles. The van der Waals surface area contributed by atoms with Crippen molar-refractivity contribution in [1.82, 2.24) is 0 Å². The van der Waals surface area contributed by atoms with E-state index in [0.29, 0.717) is 11.0 Å². The fourth-order valence-corrected chi connectivity index (χ4v) is 2.80. The van der Waals surface area contributed by atoms with Gasteiger partial charge < -0.3 is 10.1 Å². The third kappa shape index (κ3) is 5.58. The van der Waals surface area contributed by atoms with Crippen LogP contribution in [0.25, 0.3) is 0 Å². The molecule has 2 aromatic rings. The first-order valence-electron chi connectivity index (χ1n) is 7.61. The van der Waals surface area contributed by atoms with Crippen molar-refractivity contribution in [1.29, 1.82) is 0 Å². The Balaban J connectivity index is 1.99. The van der Waals surface area contributed by atoms with Crippen LogP contribution in [0.4, 0.5) is 18.9 Å². The number of thioether (sulfide) groups is 1. The molecule has 2 rings (SSSR count). The zero-order chi connectivity index (χ0) is 20.0. The van der Waals surface area contributed by atoms with Crippen LogP contribution in [-0.2, 0) is 14.3 Å². The van der Waals surface area contributed by atoms with E-state index in [2.05, 4.69) is 0 Å². The lowest BCUT2D eigenvalue weighted by atomic mass is 10.2. The maximum absolute atomic E-state index is 13.5. The molecule has 0 aromatic heterocycles. The average Bonchev–Trinajstić information content (AvgIpc) is 2.65. The number of Topliss-reactive ketones (excluding diaryl/α,β-unsaturated/α-hetero) is 1. The minimum absolute atomic E-state index is 0.0731. The SMILES string of the molecule is CC(=O)CSc1ccccc1C(=O)OCC(=O)Nc1ccc(F)c(F)c1F. The molecule has 0 radical (unpaired) electrons. The number of ketones is 1. The minimum atomic E-state index is -1.72. The van der Waals surface area contributed by atoms with Gasteiger partial charge in [0.1, 0.15) is 5.78 Å². The fourth-order valence-electron chi connectivity index (χ4n) is 1.96. The van der Waals surface area contributed by atoms with Gasteiger partial charge in [0, 0.05) is 4.90 Å². The van der Waals surface area contributed by atoms with E-state index in [9.17, 15) is 27.6 Å². The first-order chi connectivity index (χ1) is 12.8. The van der Waals surface area contributed by atoms with Gasteiger partial charge >= 0.3 is 5.97 Å². The van der Waals surface area contributed by atoms with Crippen LogP contribution >= 0.6 is 11.8 Å². The Morgan fingerprint density at radius 1 is 1.04 bits per heavy atom. The Kier molecular flexibility index (Phi) is 7.00. The summed E-state index contributed by atoms with van der Waals surface area (Å²) in [6.45, 7) is 0.651. The molecule has 0 aliphatic heterocycles. The maximum Gasteiger partial charge on any atom is 0.339 e. The number of anilines is 1. The normalized spacial score (nSPS) is 10.4. The first-order valence-corrected chi connectivity index (χ1v) is 8.60. The first kappa shape index (κ1) is 20.5. The van der Waals surface area contributed by atoms with Crippen molar-refractivity contribution in [3.8, 4) is 0 Å². The van der Waals surface area contributed by atoms with Crippen LogP contribution in [0, 0.1) is 17.5 Å². The predicted molar refractivity (Wildman–Crippen MR) is 93.1 cm³/mol. The highest BCUT2D eigenvalue weighted by Crippen LogP contribution is 2.23. The number of benzene rings is 2. The molecular formula is C18H14F3NO4S. The molecule has 1 N–H and O–H groups in total. The van der Waals surface area contributed by atoms with Crippen molar-refractivity contribution in [2.75, 3.05) is 17.7 Å². The van der Waals surface area contributed by atoms with E-state index in [-0.39, 0.29) is 17.1 Å². The third-order valence-corrected chi connectivity index (χ3v) is 4.40. The van der Waals surface area contributed by atoms with E-state index in [1.165, 1.54) is 13.0 Å². The molecule has 0 saturated carbocycles. The van der Waals surface area contributed by atoms with E-state index in [4.69, 9.17) is 4.74 Å². The second-order valence-electron chi connectivity index (χ2n) is 5.33. The van der Waals surface area contributed by atoms with E-state index in [1.807, 2.05) is 5.32 Å². The Labute approximate surface area is 156 Å². The smallest absolute Gasteiger partial charge is 0.339 e. The second-order valence-corrected chi connectivity index (χ2v) is 6.35. The number of esters is 1. The molecule has 1 amide bonds. The topological polar surface area (TPSA) is 72.5 Å². The quantitative estimate of drug-likeness (QED) is 0.439. The van der Waals surface area contributed by atoms with Gasteiger partial charge in [-0.05, 0) is 31.2 Å². The van der Waals surface area contributed by atoms with Gasteiger partial charge in [0.15, 0.2) is 24.1 Å². The molecule has 0 aliphatic rings. The number of amides is 1. The Morgan fingerprint density at radius 3 is 2.44 bits per heavy atom. The van der Waals surface area contributed by atoms with Crippen LogP contribution in [0.2, 0.25) is 0 Å². The third-order valence-electron chi connectivity index (χ3n) is 3.18. The number of rotatable bonds is 7. The summed E-state index contributed by atoms with van der Waals surface area (Å²) in [5.41, 5.74) is -0.414. The van der Waals surface area contributed by atoms with E-state index in [0.717, 1.165) is 17.8 Å². The fraction of sp³-hybridized carbons (Fsp3) is 0.167. The summed E-state index contributed by atoms with van der Waals surface area (Å²) in [6, 6.07) is 7.87. The zero-order valence-electron chi connectivity index (χ0n) is 14.1. The summed E-state index contributed by atoms with van der Waals surface area (Å²) in [5.74, 6) is -6.32. The highest BCUT2D eigenvalue weighted by atomic mass is 32.2. The highest BCUT2D eigenvalue weighted by Gasteiger charge is 2.18. The molecule has 0 spiro atoms. The van der Waals surface area contributed by atoms with Crippen molar-refractivity contribution in [3.05, 3.63) is 59.4 Å². The molecular weight excluding hydrogens is 383 g/mol. The van der Waals surface area contributed by atoms with Crippen LogP contribution in [0.1, 0.15) is 17.3 Å². The van der Waals surface area contributed by atoms with Gasteiger partial charge in [-0.1, -0.05) is 12.1 Å². The molecule has 0 atom stereocenters. The molecule has 9 heteroatoms. The number of nitrogens with one attached hydrogen (secondary N) is 1. The van der Waals surface area contributed by atoms with E-state index in [1.54, 1.807) is 18.2 Å². The van der Waals surface area contributed by atoms with Gasteiger partial charge in [-0.25, -0.2) is 18.0 Å². The lowest BCUT2D eigenvalue weighted by Crippen LogP contribution is -2.22. The molecule has 142 valence electrons. The lowest BCUT2D eigenvalue weighted by Gasteiger charge is -2.10. The largest absolute Gasteiger partial charge is 0.452 e. The Bertz CT molecular complexity index is 889. The number of hydrogen-bond acceptors (Lipinski definition) is 5. The number of carbonyl (C=O) groups is 3. The van der Waals surface area contributed by atoms with Crippen molar-refractivity contribution in [2.45, 2.75) is 11.8 Å². The predicted octanol–water partition coefficient (Wildman–Crippen LogP) is 3.58. The summed E-state index contributed by atoms with van der Waals surface area (Å²) < 4.78 is 44.4. The molecule has 27 heavy (non-hydrogen) atoms. The van der Waals surface area contributed by atoms with Gasteiger partial charge in [0.2, 0.25) is 0 Å². The second kappa shape index (κ2) is 9.22. The summed E-state index contributed by atoms with van der Waals surface area (Å²) >= 11 is 1.15. The summed E-state index contributed by atoms with van der Waals surface area (Å²) in [4.78, 5) is 35.5. The Hall–Kier alpha value is -2.81. The lowest BCUT2D eigenvalue weighted by molar-refractivity contribution is -0.119. The Morgan fingerprint density at radius 2 is 1.74 bits per heavy atom. The molecule has 0 unspecified atom stereocenters. The van der Waals surface area contributed by atoms with Crippen molar-refractivity contribution in [3.63, 3.8) is 0 Å². The van der Waals surface area contributed by atoms with Crippen LogP contribution in [-0.4, -0.2) is 30.0 Å². The van der Waals surface area contributed by atoms with Crippen molar-refractivity contribution < 1.29 is 32.3 Å². The molecule has 0 heterocycles. The molecule has 0 bridgehead atoms. The molecule has 0 saturated heterocycles.